The lowest BCUT2D eigenvalue weighted by atomic mass is 10.0. The molecule has 1 heterocycles. The van der Waals surface area contributed by atoms with E-state index in [1.807, 2.05) is 6.07 Å². The fourth-order valence-corrected chi connectivity index (χ4v) is 4.30. The van der Waals surface area contributed by atoms with Gasteiger partial charge in [-0.2, -0.15) is 0 Å². The third-order valence-electron chi connectivity index (χ3n) is 6.30. The smallest absolute Gasteiger partial charge is 0.326 e. The van der Waals surface area contributed by atoms with E-state index in [9.17, 15) is 29.1 Å². The van der Waals surface area contributed by atoms with Crippen LogP contribution in [-0.2, 0) is 30.4 Å². The molecule has 0 aromatic heterocycles. The van der Waals surface area contributed by atoms with Crippen molar-refractivity contribution in [2.45, 2.75) is 69.1 Å². The normalized spacial score (nSPS) is 16.9. The van der Waals surface area contributed by atoms with E-state index in [0.717, 1.165) is 5.56 Å². The molecule has 0 radical (unpaired) electrons. The number of benzene rings is 1. The molecule has 0 spiro atoms. The van der Waals surface area contributed by atoms with Crippen molar-refractivity contribution in [3.8, 4) is 0 Å². The molecule has 1 fully saturated rings. The van der Waals surface area contributed by atoms with Gasteiger partial charge in [0.05, 0.1) is 6.04 Å². The van der Waals surface area contributed by atoms with Crippen molar-refractivity contribution >= 4 is 35.6 Å². The van der Waals surface area contributed by atoms with Crippen molar-refractivity contribution in [2.24, 2.45) is 22.2 Å². The van der Waals surface area contributed by atoms with Crippen LogP contribution in [-0.4, -0.2) is 88.0 Å². The molecule has 39 heavy (non-hydrogen) atoms. The number of rotatable bonds is 15. The summed E-state index contributed by atoms with van der Waals surface area (Å²) < 4.78 is 0. The highest BCUT2D eigenvalue weighted by Gasteiger charge is 2.39. The topological polar surface area (TPSA) is 244 Å². The number of hydrogen-bond acceptors (Lipinski definition) is 7. The number of nitrogens with two attached hydrogens (primary N) is 3. The Morgan fingerprint density at radius 3 is 2.33 bits per heavy atom. The van der Waals surface area contributed by atoms with Crippen molar-refractivity contribution in [3.63, 3.8) is 0 Å². The number of carboxylic acid groups (broad SMARTS) is 2. The van der Waals surface area contributed by atoms with Gasteiger partial charge in [0.25, 0.3) is 0 Å². The quantitative estimate of drug-likeness (QED) is 0.0762. The van der Waals surface area contributed by atoms with Crippen LogP contribution in [0.2, 0.25) is 0 Å². The van der Waals surface area contributed by atoms with Gasteiger partial charge >= 0.3 is 11.9 Å². The van der Waals surface area contributed by atoms with Gasteiger partial charge in [-0.25, -0.2) is 4.79 Å². The van der Waals surface area contributed by atoms with Crippen LogP contribution >= 0.6 is 0 Å². The predicted molar refractivity (Wildman–Crippen MR) is 141 cm³/mol. The highest BCUT2D eigenvalue weighted by atomic mass is 16.4. The first-order valence-corrected chi connectivity index (χ1v) is 12.7. The van der Waals surface area contributed by atoms with Crippen LogP contribution < -0.4 is 27.8 Å². The number of carbonyl (C=O) groups is 5. The Bertz CT molecular complexity index is 1050. The van der Waals surface area contributed by atoms with Gasteiger partial charge < -0.3 is 42.9 Å². The van der Waals surface area contributed by atoms with E-state index in [2.05, 4.69) is 15.6 Å². The highest BCUT2D eigenvalue weighted by molar-refractivity contribution is 5.94. The highest BCUT2D eigenvalue weighted by Crippen LogP contribution is 2.20. The number of hydrogen-bond donors (Lipinski definition) is 7. The van der Waals surface area contributed by atoms with Gasteiger partial charge in [0.1, 0.15) is 18.1 Å². The minimum atomic E-state index is -1.25. The summed E-state index contributed by atoms with van der Waals surface area (Å²) in [4.78, 5) is 67.1. The molecule has 1 aliphatic rings. The molecule has 1 aliphatic heterocycles. The average molecular weight is 548 g/mol. The zero-order valence-electron chi connectivity index (χ0n) is 21.6. The average Bonchev–Trinajstić information content (AvgIpc) is 3.38. The van der Waals surface area contributed by atoms with Crippen molar-refractivity contribution in [1.82, 2.24) is 15.5 Å². The molecular weight excluding hydrogens is 510 g/mol. The number of aliphatic carboxylic acids is 2. The summed E-state index contributed by atoms with van der Waals surface area (Å²) in [7, 11) is 0. The van der Waals surface area contributed by atoms with Crippen molar-refractivity contribution < 1.29 is 34.2 Å². The van der Waals surface area contributed by atoms with E-state index in [1.165, 1.54) is 4.90 Å². The molecule has 1 saturated heterocycles. The van der Waals surface area contributed by atoms with Gasteiger partial charge in [-0.3, -0.25) is 24.2 Å². The van der Waals surface area contributed by atoms with E-state index in [0.29, 0.717) is 12.8 Å². The van der Waals surface area contributed by atoms with E-state index >= 15 is 0 Å². The van der Waals surface area contributed by atoms with Gasteiger partial charge in [-0.15, -0.1) is 0 Å². The number of nitrogens with zero attached hydrogens (tertiary/aromatic N) is 2. The summed E-state index contributed by atoms with van der Waals surface area (Å²) in [6.07, 6.45) is 0.729. The Hall–Kier alpha value is -4.20. The molecule has 1 aromatic rings. The molecule has 2 rings (SSSR count). The summed E-state index contributed by atoms with van der Waals surface area (Å²) >= 11 is 0. The Morgan fingerprint density at radius 1 is 1.03 bits per heavy atom. The Balaban J connectivity index is 2.08. The number of carbonyl (C=O) groups excluding carboxylic acids is 3. The minimum Gasteiger partial charge on any atom is -0.481 e. The van der Waals surface area contributed by atoms with Gasteiger partial charge in [-0.05, 0) is 44.1 Å². The van der Waals surface area contributed by atoms with Crippen LogP contribution in [0.1, 0.15) is 44.1 Å². The molecule has 4 atom stereocenters. The minimum absolute atomic E-state index is 0.0646. The maximum atomic E-state index is 13.4. The zero-order chi connectivity index (χ0) is 28.9. The molecule has 14 nitrogen and oxygen atoms in total. The summed E-state index contributed by atoms with van der Waals surface area (Å²) in [5.41, 5.74) is 17.4. The Labute approximate surface area is 226 Å². The van der Waals surface area contributed by atoms with Gasteiger partial charge in [-0.1, -0.05) is 30.3 Å². The van der Waals surface area contributed by atoms with Crippen molar-refractivity contribution in [1.29, 1.82) is 0 Å². The van der Waals surface area contributed by atoms with Crippen LogP contribution in [0.3, 0.4) is 0 Å². The molecule has 0 saturated carbocycles. The summed E-state index contributed by atoms with van der Waals surface area (Å²) in [6.45, 7) is 0.377. The van der Waals surface area contributed by atoms with Crippen LogP contribution in [0.5, 0.6) is 0 Å². The van der Waals surface area contributed by atoms with Crippen molar-refractivity contribution in [3.05, 3.63) is 35.9 Å². The van der Waals surface area contributed by atoms with Gasteiger partial charge in [0.15, 0.2) is 5.96 Å². The third-order valence-corrected chi connectivity index (χ3v) is 6.30. The lowest BCUT2D eigenvalue weighted by Crippen LogP contribution is -2.57. The molecule has 14 heteroatoms. The molecule has 0 bridgehead atoms. The van der Waals surface area contributed by atoms with Crippen LogP contribution in [0.4, 0.5) is 0 Å². The maximum Gasteiger partial charge on any atom is 0.326 e. The molecule has 10 N–H and O–H groups in total. The number of aliphatic imine (C=N–C) groups is 1. The number of guanidine groups is 1. The SMILES string of the molecule is NC(N)=NCCCC(NC(=O)C1CCCN1C(=O)C(CCC(=O)O)NC(=O)C(N)Cc1ccccc1)C(=O)O. The standard InChI is InChI=1S/C25H37N7O7/c26-16(14-15-6-2-1-3-7-15)21(35)30-17(10-11-20(33)34)23(37)32-13-5-9-19(32)22(36)31-18(24(38)39)8-4-12-29-25(27)28/h1-3,6-7,16-19H,4-5,8-14,26H2,(H,30,35)(H,31,36)(H,33,34)(H,38,39)(H4,27,28,29). The van der Waals surface area contributed by atoms with E-state index < -0.39 is 60.2 Å². The molecule has 214 valence electrons. The second kappa shape index (κ2) is 15.3. The number of amides is 3. The van der Waals surface area contributed by atoms with E-state index in [1.54, 1.807) is 24.3 Å². The van der Waals surface area contributed by atoms with Crippen LogP contribution in [0.25, 0.3) is 0 Å². The second-order valence-corrected chi connectivity index (χ2v) is 9.33. The fourth-order valence-electron chi connectivity index (χ4n) is 4.30. The maximum absolute atomic E-state index is 13.4. The molecular formula is C25H37N7O7. The fraction of sp³-hybridized carbons (Fsp3) is 0.520. The van der Waals surface area contributed by atoms with Crippen molar-refractivity contribution in [2.75, 3.05) is 13.1 Å². The summed E-state index contributed by atoms with van der Waals surface area (Å²) in [5.74, 6) is -4.45. The monoisotopic (exact) mass is 547 g/mol. The molecule has 3 amide bonds. The Morgan fingerprint density at radius 2 is 1.72 bits per heavy atom. The first-order valence-electron chi connectivity index (χ1n) is 12.7. The lowest BCUT2D eigenvalue weighted by Gasteiger charge is -2.30. The molecule has 4 unspecified atom stereocenters. The molecule has 1 aromatic carbocycles. The predicted octanol–water partition coefficient (Wildman–Crippen LogP) is -1.48. The van der Waals surface area contributed by atoms with Gasteiger partial charge in [0, 0.05) is 19.5 Å². The van der Waals surface area contributed by atoms with Crippen LogP contribution in [0.15, 0.2) is 35.3 Å². The first kappa shape index (κ1) is 31.0. The largest absolute Gasteiger partial charge is 0.481 e. The number of carboxylic acids is 2. The van der Waals surface area contributed by atoms with Gasteiger partial charge in [0.2, 0.25) is 17.7 Å². The third kappa shape index (κ3) is 10.2. The molecule has 0 aliphatic carbocycles. The Kier molecular flexibility index (Phi) is 12.1. The van der Waals surface area contributed by atoms with E-state index in [4.69, 9.17) is 22.3 Å². The lowest BCUT2D eigenvalue weighted by molar-refractivity contribution is -0.145. The number of nitrogens with one attached hydrogen (secondary N) is 2. The number of likely N-dealkylation sites (tertiary alicyclic amines) is 1. The second-order valence-electron chi connectivity index (χ2n) is 9.33. The van der Waals surface area contributed by atoms with Crippen LogP contribution in [0, 0.1) is 0 Å². The summed E-state index contributed by atoms with van der Waals surface area (Å²) in [6, 6.07) is 4.63. The first-order chi connectivity index (χ1) is 18.5. The zero-order valence-corrected chi connectivity index (χ0v) is 21.6. The van der Waals surface area contributed by atoms with E-state index in [-0.39, 0.29) is 44.7 Å². The summed E-state index contributed by atoms with van der Waals surface area (Å²) in [5, 5.41) is 23.7.